The van der Waals surface area contributed by atoms with Crippen molar-refractivity contribution in [3.05, 3.63) is 32.8 Å². The van der Waals surface area contributed by atoms with Crippen LogP contribution in [0.2, 0.25) is 0 Å². The molecule has 0 saturated carbocycles. The second kappa shape index (κ2) is 6.53. The molecule has 0 aliphatic heterocycles. The van der Waals surface area contributed by atoms with Crippen molar-refractivity contribution < 1.29 is 18.1 Å². The quantitative estimate of drug-likeness (QED) is 0.435. The number of hydrogen-bond acceptors (Lipinski definition) is 5. The van der Waals surface area contributed by atoms with Crippen LogP contribution in [0.25, 0.3) is 0 Å². The molecule has 0 bridgehead atoms. The minimum atomic E-state index is -3.61. The number of halogens is 2. The molecule has 0 aliphatic carbocycles. The molecule has 1 aromatic rings. The summed E-state index contributed by atoms with van der Waals surface area (Å²) in [6.07, 6.45) is 0. The number of hydrogen-bond donors (Lipinski definition) is 0. The molecule has 0 fully saturated rings. The van der Waals surface area contributed by atoms with E-state index in [1.54, 1.807) is 13.0 Å². The van der Waals surface area contributed by atoms with Crippen molar-refractivity contribution in [2.24, 2.45) is 5.92 Å². The van der Waals surface area contributed by atoms with E-state index in [2.05, 4.69) is 15.9 Å². The molecule has 106 valence electrons. The molecule has 6 nitrogen and oxygen atoms in total. The van der Waals surface area contributed by atoms with Gasteiger partial charge in [-0.1, -0.05) is 22.9 Å². The monoisotopic (exact) mass is 371 g/mol. The molecule has 1 unspecified atom stereocenters. The molecule has 0 amide bonds. The topological polar surface area (TPSA) is 86.5 Å². The van der Waals surface area contributed by atoms with Gasteiger partial charge in [0.2, 0.25) is 9.05 Å². The van der Waals surface area contributed by atoms with E-state index in [9.17, 15) is 18.5 Å². The van der Waals surface area contributed by atoms with Gasteiger partial charge < -0.3 is 4.74 Å². The fourth-order valence-corrected chi connectivity index (χ4v) is 3.15. The van der Waals surface area contributed by atoms with Gasteiger partial charge in [0, 0.05) is 27.1 Å². The Bertz CT molecular complexity index is 577. The fourth-order valence-electron chi connectivity index (χ4n) is 1.38. The van der Waals surface area contributed by atoms with Gasteiger partial charge in [0.25, 0.3) is 0 Å². The second-order valence-electron chi connectivity index (χ2n) is 3.99. The Morgan fingerprint density at radius 3 is 2.68 bits per heavy atom. The van der Waals surface area contributed by atoms with Gasteiger partial charge in [-0.3, -0.25) is 10.1 Å². The number of ether oxygens (including phenoxy) is 1. The minimum Gasteiger partial charge on any atom is -0.486 e. The Morgan fingerprint density at radius 2 is 2.16 bits per heavy atom. The zero-order valence-electron chi connectivity index (χ0n) is 9.88. The second-order valence-corrected chi connectivity index (χ2v) is 7.73. The van der Waals surface area contributed by atoms with Crippen LogP contribution in [0.4, 0.5) is 5.69 Å². The summed E-state index contributed by atoms with van der Waals surface area (Å²) >= 11 is 3.13. The van der Waals surface area contributed by atoms with E-state index in [1.165, 1.54) is 12.1 Å². The summed E-state index contributed by atoms with van der Waals surface area (Å²) in [6.45, 7) is 1.65. The molecule has 0 aromatic heterocycles. The Hall–Kier alpha value is -0.860. The van der Waals surface area contributed by atoms with Crippen molar-refractivity contribution in [3.63, 3.8) is 0 Å². The molecule has 0 radical (unpaired) electrons. The van der Waals surface area contributed by atoms with Gasteiger partial charge in [0.15, 0.2) is 5.75 Å². The lowest BCUT2D eigenvalue weighted by atomic mass is 10.2. The summed E-state index contributed by atoms with van der Waals surface area (Å²) < 4.78 is 27.6. The Labute approximate surface area is 123 Å². The van der Waals surface area contributed by atoms with E-state index in [4.69, 9.17) is 15.4 Å². The molecule has 0 spiro atoms. The summed E-state index contributed by atoms with van der Waals surface area (Å²) in [5, 5.41) is 10.8. The van der Waals surface area contributed by atoms with Crippen LogP contribution >= 0.6 is 26.6 Å². The summed E-state index contributed by atoms with van der Waals surface area (Å²) in [5.41, 5.74) is -0.185. The van der Waals surface area contributed by atoms with Gasteiger partial charge in [-0.15, -0.1) is 0 Å². The number of rotatable bonds is 6. The highest BCUT2D eigenvalue weighted by atomic mass is 79.9. The average Bonchev–Trinajstić information content (AvgIpc) is 2.24. The fraction of sp³-hybridized carbons (Fsp3) is 0.400. The molecule has 0 heterocycles. The van der Waals surface area contributed by atoms with Crippen LogP contribution in [0.1, 0.15) is 6.92 Å². The first-order valence-electron chi connectivity index (χ1n) is 5.18. The SMILES string of the molecule is CC(COc1ccc(Br)cc1[N+](=O)[O-])CS(=O)(=O)Cl. The average molecular weight is 373 g/mol. The third-order valence-electron chi connectivity index (χ3n) is 2.12. The van der Waals surface area contributed by atoms with Crippen molar-refractivity contribution >= 4 is 41.4 Å². The van der Waals surface area contributed by atoms with Crippen molar-refractivity contribution in [3.8, 4) is 5.75 Å². The van der Waals surface area contributed by atoms with Crippen molar-refractivity contribution in [1.82, 2.24) is 0 Å². The van der Waals surface area contributed by atoms with Crippen LogP contribution in [0, 0.1) is 16.0 Å². The number of nitro groups is 1. The van der Waals surface area contributed by atoms with Crippen LogP contribution in [-0.4, -0.2) is 25.7 Å². The molecular formula is C10H11BrClNO5S. The molecule has 0 aliphatic rings. The molecule has 19 heavy (non-hydrogen) atoms. The van der Waals surface area contributed by atoms with Gasteiger partial charge in [-0.05, 0) is 12.1 Å². The zero-order chi connectivity index (χ0) is 14.6. The highest BCUT2D eigenvalue weighted by molar-refractivity contribution is 9.10. The molecule has 0 saturated heterocycles. The van der Waals surface area contributed by atoms with E-state index in [-0.39, 0.29) is 29.7 Å². The first kappa shape index (κ1) is 16.2. The molecule has 1 rings (SSSR count). The molecule has 9 heteroatoms. The van der Waals surface area contributed by atoms with Crippen LogP contribution in [0.5, 0.6) is 5.75 Å². The van der Waals surface area contributed by atoms with Gasteiger partial charge >= 0.3 is 5.69 Å². The predicted molar refractivity (Wildman–Crippen MR) is 75.1 cm³/mol. The van der Waals surface area contributed by atoms with Crippen molar-refractivity contribution in [2.45, 2.75) is 6.92 Å². The van der Waals surface area contributed by atoms with E-state index >= 15 is 0 Å². The maximum absolute atomic E-state index is 10.9. The van der Waals surface area contributed by atoms with Crippen molar-refractivity contribution in [1.29, 1.82) is 0 Å². The lowest BCUT2D eigenvalue weighted by molar-refractivity contribution is -0.386. The lowest BCUT2D eigenvalue weighted by Gasteiger charge is -2.11. The summed E-state index contributed by atoms with van der Waals surface area (Å²) in [4.78, 5) is 10.3. The Morgan fingerprint density at radius 1 is 1.53 bits per heavy atom. The van der Waals surface area contributed by atoms with Crippen molar-refractivity contribution in [2.75, 3.05) is 12.4 Å². The van der Waals surface area contributed by atoms with Crippen LogP contribution in [0.3, 0.4) is 0 Å². The summed E-state index contributed by atoms with van der Waals surface area (Å²) in [5.74, 6) is -0.531. The largest absolute Gasteiger partial charge is 0.486 e. The lowest BCUT2D eigenvalue weighted by Crippen LogP contribution is -2.16. The third-order valence-corrected chi connectivity index (χ3v) is 3.96. The number of benzene rings is 1. The normalized spacial score (nSPS) is 13.0. The standard InChI is InChI=1S/C10H11BrClNO5S/c1-7(6-19(12,16)17)5-18-10-3-2-8(11)4-9(10)13(14)15/h2-4,7H,5-6H2,1H3. The van der Waals surface area contributed by atoms with E-state index in [0.717, 1.165) is 0 Å². The molecular weight excluding hydrogens is 362 g/mol. The van der Waals surface area contributed by atoms with Gasteiger partial charge in [-0.25, -0.2) is 8.42 Å². The highest BCUT2D eigenvalue weighted by Gasteiger charge is 2.18. The smallest absolute Gasteiger partial charge is 0.312 e. The third kappa shape index (κ3) is 5.75. The first-order valence-corrected chi connectivity index (χ1v) is 8.45. The maximum Gasteiger partial charge on any atom is 0.312 e. The molecule has 1 aromatic carbocycles. The first-order chi connectivity index (χ1) is 8.69. The zero-order valence-corrected chi connectivity index (χ0v) is 13.0. The summed E-state index contributed by atoms with van der Waals surface area (Å²) in [7, 11) is 1.50. The highest BCUT2D eigenvalue weighted by Crippen LogP contribution is 2.30. The van der Waals surface area contributed by atoms with E-state index < -0.39 is 14.0 Å². The van der Waals surface area contributed by atoms with Crippen LogP contribution in [0.15, 0.2) is 22.7 Å². The van der Waals surface area contributed by atoms with Gasteiger partial charge in [0.05, 0.1) is 17.3 Å². The van der Waals surface area contributed by atoms with Crippen LogP contribution < -0.4 is 4.74 Å². The Balaban J connectivity index is 2.75. The minimum absolute atomic E-state index is 0.0222. The van der Waals surface area contributed by atoms with Crippen LogP contribution in [-0.2, 0) is 9.05 Å². The Kier molecular flexibility index (Phi) is 5.57. The number of nitrogens with zero attached hydrogens (tertiary/aromatic N) is 1. The predicted octanol–water partition coefficient (Wildman–Crippen LogP) is 2.94. The van der Waals surface area contributed by atoms with E-state index in [0.29, 0.717) is 4.47 Å². The molecule has 0 N–H and O–H groups in total. The number of nitro benzene ring substituents is 1. The van der Waals surface area contributed by atoms with Gasteiger partial charge in [0.1, 0.15) is 0 Å². The van der Waals surface area contributed by atoms with Gasteiger partial charge in [-0.2, -0.15) is 0 Å². The van der Waals surface area contributed by atoms with E-state index in [1.807, 2.05) is 0 Å². The summed E-state index contributed by atoms with van der Waals surface area (Å²) in [6, 6.07) is 4.37. The molecule has 1 atom stereocenters. The maximum atomic E-state index is 10.9.